The summed E-state index contributed by atoms with van der Waals surface area (Å²) < 4.78 is 9.04. The highest BCUT2D eigenvalue weighted by molar-refractivity contribution is 7.18. The first kappa shape index (κ1) is 17.6. The molecule has 24 heavy (non-hydrogen) atoms. The molecule has 0 unspecified atom stereocenters. The molecule has 0 aliphatic carbocycles. The van der Waals surface area contributed by atoms with Crippen LogP contribution in [0, 0.1) is 13.8 Å². The van der Waals surface area contributed by atoms with E-state index in [0.29, 0.717) is 10.2 Å². The maximum Gasteiger partial charge on any atom is 0.354 e. The Morgan fingerprint density at radius 1 is 1.29 bits per heavy atom. The fourth-order valence-electron chi connectivity index (χ4n) is 1.91. The number of esters is 2. The van der Waals surface area contributed by atoms with Gasteiger partial charge in [0.25, 0.3) is 5.56 Å². The molecule has 2 aromatic heterocycles. The molecule has 2 heterocycles. The van der Waals surface area contributed by atoms with E-state index in [2.05, 4.69) is 30.0 Å². The summed E-state index contributed by atoms with van der Waals surface area (Å²) in [4.78, 5) is 43.4. The Bertz CT molecular complexity index is 883. The number of aromatic amines is 1. The van der Waals surface area contributed by atoms with E-state index in [-0.39, 0.29) is 23.6 Å². The highest BCUT2D eigenvalue weighted by Gasteiger charge is 2.18. The quantitative estimate of drug-likeness (QED) is 0.469. The van der Waals surface area contributed by atoms with Crippen LogP contribution in [0.25, 0.3) is 10.2 Å². The molecule has 9 nitrogen and oxygen atoms in total. The smallest absolute Gasteiger partial charge is 0.354 e. The number of hydrogen-bond donors (Lipinski definition) is 2. The predicted molar refractivity (Wildman–Crippen MR) is 89.4 cm³/mol. The van der Waals surface area contributed by atoms with Crippen LogP contribution in [0.2, 0.25) is 0 Å². The van der Waals surface area contributed by atoms with Gasteiger partial charge in [-0.1, -0.05) is 0 Å². The van der Waals surface area contributed by atoms with Gasteiger partial charge < -0.3 is 9.47 Å². The van der Waals surface area contributed by atoms with Gasteiger partial charge in [-0.2, -0.15) is 5.10 Å². The first-order valence-corrected chi connectivity index (χ1v) is 7.66. The van der Waals surface area contributed by atoms with E-state index < -0.39 is 11.9 Å². The lowest BCUT2D eigenvalue weighted by molar-refractivity contribution is -0.140. The zero-order valence-corrected chi connectivity index (χ0v) is 14.4. The Hall–Kier alpha value is -2.75. The number of anilines is 1. The van der Waals surface area contributed by atoms with Gasteiger partial charge in [-0.05, 0) is 19.4 Å². The van der Waals surface area contributed by atoms with Crippen molar-refractivity contribution in [1.29, 1.82) is 0 Å². The van der Waals surface area contributed by atoms with Crippen LogP contribution in [-0.4, -0.2) is 41.8 Å². The number of thiophene rings is 1. The van der Waals surface area contributed by atoms with Gasteiger partial charge in [0.2, 0.25) is 5.95 Å². The van der Waals surface area contributed by atoms with Crippen molar-refractivity contribution < 1.29 is 19.1 Å². The lowest BCUT2D eigenvalue weighted by atomic mass is 10.2. The number of nitrogens with zero attached hydrogens (tertiary/aromatic N) is 2. The number of nitrogens with one attached hydrogen (secondary N) is 2. The first-order chi connectivity index (χ1) is 11.4. The van der Waals surface area contributed by atoms with Gasteiger partial charge in [0.05, 0.1) is 26.0 Å². The lowest BCUT2D eigenvalue weighted by Gasteiger charge is -2.04. The molecule has 0 saturated carbocycles. The molecule has 2 N–H and O–H groups in total. The van der Waals surface area contributed by atoms with Crippen molar-refractivity contribution in [3.63, 3.8) is 0 Å². The maximum absolute atomic E-state index is 12.1. The summed E-state index contributed by atoms with van der Waals surface area (Å²) in [5.41, 5.74) is 2.83. The molecular formula is C14H16N4O5S. The Labute approximate surface area is 140 Å². The molecule has 128 valence electrons. The van der Waals surface area contributed by atoms with E-state index in [1.54, 1.807) is 0 Å². The Balaban J connectivity index is 2.34. The summed E-state index contributed by atoms with van der Waals surface area (Å²) in [7, 11) is 2.36. The molecular weight excluding hydrogens is 336 g/mol. The van der Waals surface area contributed by atoms with Crippen LogP contribution in [0.4, 0.5) is 5.95 Å². The molecule has 0 aliphatic heterocycles. The number of methoxy groups -OCH3 is 2. The summed E-state index contributed by atoms with van der Waals surface area (Å²) >= 11 is 1.38. The van der Waals surface area contributed by atoms with Crippen LogP contribution in [-0.2, 0) is 19.1 Å². The average Bonchev–Trinajstić information content (AvgIpc) is 2.85. The number of fused-ring (bicyclic) bond motifs is 1. The minimum Gasteiger partial charge on any atom is -0.469 e. The van der Waals surface area contributed by atoms with Crippen LogP contribution in [0.5, 0.6) is 0 Å². The zero-order chi connectivity index (χ0) is 17.9. The topological polar surface area (TPSA) is 123 Å². The monoisotopic (exact) mass is 352 g/mol. The highest BCUT2D eigenvalue weighted by Crippen LogP contribution is 2.26. The molecule has 0 atom stereocenters. The molecule has 0 amide bonds. The summed E-state index contributed by atoms with van der Waals surface area (Å²) in [6.45, 7) is 3.75. The van der Waals surface area contributed by atoms with Gasteiger partial charge in [0.15, 0.2) is 5.71 Å². The van der Waals surface area contributed by atoms with E-state index in [1.807, 2.05) is 13.8 Å². The number of aryl methyl sites for hydroxylation is 2. The van der Waals surface area contributed by atoms with E-state index >= 15 is 0 Å². The van der Waals surface area contributed by atoms with Crippen molar-refractivity contribution in [2.75, 3.05) is 19.6 Å². The van der Waals surface area contributed by atoms with Gasteiger partial charge in [-0.25, -0.2) is 15.2 Å². The third-order valence-corrected chi connectivity index (χ3v) is 4.40. The molecule has 2 rings (SSSR count). The summed E-state index contributed by atoms with van der Waals surface area (Å²) in [5, 5.41) is 4.32. The number of ether oxygens (including phenoxy) is 2. The summed E-state index contributed by atoms with van der Waals surface area (Å²) in [6, 6.07) is 0. The van der Waals surface area contributed by atoms with Crippen molar-refractivity contribution in [3.05, 3.63) is 20.8 Å². The molecule has 0 aromatic carbocycles. The molecule has 0 radical (unpaired) electrons. The van der Waals surface area contributed by atoms with E-state index in [4.69, 9.17) is 0 Å². The van der Waals surface area contributed by atoms with Crippen LogP contribution < -0.4 is 11.0 Å². The van der Waals surface area contributed by atoms with Crippen LogP contribution in [0.1, 0.15) is 16.9 Å². The van der Waals surface area contributed by atoms with E-state index in [1.165, 1.54) is 25.6 Å². The summed E-state index contributed by atoms with van der Waals surface area (Å²) in [6.07, 6.45) is -0.375. The first-order valence-electron chi connectivity index (χ1n) is 6.85. The standard InChI is InChI=1S/C14H16N4O5S/c1-6-7(2)24-12-10(6)11(20)15-14(16-12)18-17-8(13(21)23-4)5-9(19)22-3/h5H2,1-4H3,(H2,15,16,18,20)/b17-8+. The number of hydrogen-bond acceptors (Lipinski definition) is 9. The van der Waals surface area contributed by atoms with E-state index in [9.17, 15) is 14.4 Å². The fraction of sp³-hybridized carbons (Fsp3) is 0.357. The number of carbonyl (C=O) groups is 2. The molecule has 2 aromatic rings. The fourth-order valence-corrected chi connectivity index (χ4v) is 2.94. The van der Waals surface area contributed by atoms with Gasteiger partial charge >= 0.3 is 11.9 Å². The number of hydrazone groups is 1. The molecule has 0 fully saturated rings. The molecule has 0 aliphatic rings. The second-order valence-electron chi connectivity index (χ2n) is 4.79. The van der Waals surface area contributed by atoms with Gasteiger partial charge in [0, 0.05) is 4.88 Å². The molecule has 0 spiro atoms. The normalized spacial score (nSPS) is 11.4. The van der Waals surface area contributed by atoms with Crippen molar-refractivity contribution in [2.24, 2.45) is 5.10 Å². The minimum absolute atomic E-state index is 0.0556. The minimum atomic E-state index is -0.792. The summed E-state index contributed by atoms with van der Waals surface area (Å²) in [5.74, 6) is -1.39. The van der Waals surface area contributed by atoms with Crippen molar-refractivity contribution in [2.45, 2.75) is 20.3 Å². The molecule has 0 saturated heterocycles. The lowest BCUT2D eigenvalue weighted by Crippen LogP contribution is -2.22. The Morgan fingerprint density at radius 2 is 2.00 bits per heavy atom. The number of aromatic nitrogens is 2. The van der Waals surface area contributed by atoms with Crippen LogP contribution >= 0.6 is 11.3 Å². The van der Waals surface area contributed by atoms with Crippen molar-refractivity contribution >= 4 is 45.2 Å². The third-order valence-electron chi connectivity index (χ3n) is 3.30. The second-order valence-corrected chi connectivity index (χ2v) is 6.00. The number of rotatable bonds is 5. The van der Waals surface area contributed by atoms with Crippen molar-refractivity contribution in [3.8, 4) is 0 Å². The second kappa shape index (κ2) is 7.21. The largest absolute Gasteiger partial charge is 0.469 e. The van der Waals surface area contributed by atoms with E-state index in [0.717, 1.165) is 10.4 Å². The maximum atomic E-state index is 12.1. The molecule has 0 bridgehead atoms. The van der Waals surface area contributed by atoms with Gasteiger partial charge in [0.1, 0.15) is 4.83 Å². The van der Waals surface area contributed by atoms with Crippen LogP contribution in [0.3, 0.4) is 0 Å². The van der Waals surface area contributed by atoms with Gasteiger partial charge in [-0.3, -0.25) is 14.6 Å². The highest BCUT2D eigenvalue weighted by atomic mass is 32.1. The third kappa shape index (κ3) is 3.59. The molecule has 10 heteroatoms. The van der Waals surface area contributed by atoms with Crippen molar-refractivity contribution in [1.82, 2.24) is 9.97 Å². The Kier molecular flexibility index (Phi) is 5.29. The zero-order valence-electron chi connectivity index (χ0n) is 13.6. The number of H-pyrrole nitrogens is 1. The average molecular weight is 352 g/mol. The van der Waals surface area contributed by atoms with Crippen LogP contribution in [0.15, 0.2) is 9.90 Å². The SMILES string of the molecule is COC(=O)C/C(=N\Nc1nc2sc(C)c(C)c2c(=O)[nH]1)C(=O)OC. The predicted octanol–water partition coefficient (Wildman–Crippen LogP) is 1.11. The number of carbonyl (C=O) groups excluding carboxylic acids is 2. The van der Waals surface area contributed by atoms with Gasteiger partial charge in [-0.15, -0.1) is 11.3 Å². The Morgan fingerprint density at radius 3 is 2.62 bits per heavy atom.